The number of hydrogen-bond acceptors (Lipinski definition) is 4. The number of aromatic nitrogens is 3. The Morgan fingerprint density at radius 3 is 2.90 bits per heavy atom. The molecule has 2 aromatic rings. The lowest BCUT2D eigenvalue weighted by Crippen LogP contribution is -2.15. The van der Waals surface area contributed by atoms with Gasteiger partial charge in [-0.1, -0.05) is 6.92 Å². The number of ether oxygens (including phenoxy) is 1. The Kier molecular flexibility index (Phi) is 4.74. The molecule has 2 rings (SSSR count). The van der Waals surface area contributed by atoms with E-state index in [1.165, 1.54) is 0 Å². The molecular formula is C15H22N4O. The van der Waals surface area contributed by atoms with Crippen molar-refractivity contribution in [2.24, 2.45) is 5.73 Å². The van der Waals surface area contributed by atoms with Gasteiger partial charge in [-0.15, -0.1) is 0 Å². The second kappa shape index (κ2) is 6.52. The van der Waals surface area contributed by atoms with Crippen LogP contribution in [-0.2, 0) is 6.42 Å². The first-order chi connectivity index (χ1) is 9.65. The number of nitrogens with two attached hydrogens (primary N) is 1. The Morgan fingerprint density at radius 1 is 1.40 bits per heavy atom. The van der Waals surface area contributed by atoms with Gasteiger partial charge in [0.25, 0.3) is 0 Å². The van der Waals surface area contributed by atoms with Crippen molar-refractivity contribution in [1.82, 2.24) is 14.8 Å². The molecule has 0 aliphatic heterocycles. The molecule has 0 bridgehead atoms. The van der Waals surface area contributed by atoms with E-state index in [-0.39, 0.29) is 6.04 Å². The third kappa shape index (κ3) is 3.17. The van der Waals surface area contributed by atoms with Crippen LogP contribution in [0.2, 0.25) is 0 Å². The number of hydrogen-bond donors (Lipinski definition) is 1. The molecule has 0 fully saturated rings. The maximum Gasteiger partial charge on any atom is 0.141 e. The van der Waals surface area contributed by atoms with Crippen LogP contribution in [0.25, 0.3) is 0 Å². The molecule has 0 amide bonds. The van der Waals surface area contributed by atoms with Gasteiger partial charge in [-0.3, -0.25) is 9.67 Å². The molecule has 2 aromatic heterocycles. The summed E-state index contributed by atoms with van der Waals surface area (Å²) in [5.41, 5.74) is 8.22. The predicted molar refractivity (Wildman–Crippen MR) is 78.7 cm³/mol. The smallest absolute Gasteiger partial charge is 0.141 e. The molecule has 0 spiro atoms. The molecule has 0 aromatic carbocycles. The minimum atomic E-state index is -0.145. The van der Waals surface area contributed by atoms with Crippen molar-refractivity contribution in [2.45, 2.75) is 38.8 Å². The van der Waals surface area contributed by atoms with Crippen LogP contribution < -0.4 is 10.5 Å². The highest BCUT2D eigenvalue weighted by molar-refractivity contribution is 5.33. The zero-order valence-electron chi connectivity index (χ0n) is 12.3. The molecule has 2 unspecified atom stereocenters. The fourth-order valence-electron chi connectivity index (χ4n) is 2.12. The van der Waals surface area contributed by atoms with Gasteiger partial charge in [-0.05, 0) is 25.5 Å². The largest absolute Gasteiger partial charge is 0.495 e. The minimum absolute atomic E-state index is 0.145. The molecular weight excluding hydrogens is 252 g/mol. The molecule has 2 N–H and O–H groups in total. The normalized spacial score (nSPS) is 14.0. The highest BCUT2D eigenvalue weighted by Gasteiger charge is 2.14. The molecule has 20 heavy (non-hydrogen) atoms. The zero-order chi connectivity index (χ0) is 14.5. The Labute approximate surface area is 119 Å². The van der Waals surface area contributed by atoms with Gasteiger partial charge in [-0.2, -0.15) is 5.10 Å². The first kappa shape index (κ1) is 14.5. The zero-order valence-corrected chi connectivity index (χ0v) is 12.3. The van der Waals surface area contributed by atoms with E-state index in [9.17, 15) is 0 Å². The van der Waals surface area contributed by atoms with Crippen molar-refractivity contribution >= 4 is 0 Å². The number of nitrogens with zero attached hydrogens (tertiary/aromatic N) is 3. The van der Waals surface area contributed by atoms with Gasteiger partial charge in [0.2, 0.25) is 0 Å². The number of methoxy groups -OCH3 is 1. The van der Waals surface area contributed by atoms with Gasteiger partial charge in [0.15, 0.2) is 0 Å². The summed E-state index contributed by atoms with van der Waals surface area (Å²) in [4.78, 5) is 4.04. The van der Waals surface area contributed by atoms with E-state index < -0.39 is 0 Å². The molecule has 0 radical (unpaired) electrons. The molecule has 0 saturated heterocycles. The molecule has 0 aliphatic rings. The quantitative estimate of drug-likeness (QED) is 0.879. The Hall–Kier alpha value is -1.88. The third-order valence-electron chi connectivity index (χ3n) is 3.57. The molecule has 0 aliphatic carbocycles. The summed E-state index contributed by atoms with van der Waals surface area (Å²) < 4.78 is 7.29. The van der Waals surface area contributed by atoms with Crippen LogP contribution in [0, 0.1) is 0 Å². The predicted octanol–water partition coefficient (Wildman–Crippen LogP) is 2.50. The second-order valence-electron chi connectivity index (χ2n) is 4.97. The SMILES string of the molecule is CCC(C)n1ccc(CC(N)c2ccncc2OC)n1. The van der Waals surface area contributed by atoms with Gasteiger partial charge in [0, 0.05) is 36.5 Å². The lowest BCUT2D eigenvalue weighted by Gasteiger charge is -2.14. The molecule has 5 nitrogen and oxygen atoms in total. The third-order valence-corrected chi connectivity index (χ3v) is 3.57. The van der Waals surface area contributed by atoms with E-state index in [1.54, 1.807) is 19.5 Å². The molecule has 5 heteroatoms. The van der Waals surface area contributed by atoms with Crippen LogP contribution in [0.4, 0.5) is 0 Å². The summed E-state index contributed by atoms with van der Waals surface area (Å²) in [6.45, 7) is 4.31. The Morgan fingerprint density at radius 2 is 2.20 bits per heavy atom. The van der Waals surface area contributed by atoms with Crippen molar-refractivity contribution in [3.63, 3.8) is 0 Å². The molecule has 108 valence electrons. The van der Waals surface area contributed by atoms with Gasteiger partial charge < -0.3 is 10.5 Å². The summed E-state index contributed by atoms with van der Waals surface area (Å²) in [7, 11) is 1.63. The minimum Gasteiger partial charge on any atom is -0.495 e. The summed E-state index contributed by atoms with van der Waals surface area (Å²) >= 11 is 0. The van der Waals surface area contributed by atoms with Crippen LogP contribution in [-0.4, -0.2) is 21.9 Å². The van der Waals surface area contributed by atoms with E-state index in [0.29, 0.717) is 12.5 Å². The van der Waals surface area contributed by atoms with Gasteiger partial charge in [0.05, 0.1) is 19.0 Å². The van der Waals surface area contributed by atoms with Crippen LogP contribution in [0.5, 0.6) is 5.75 Å². The van der Waals surface area contributed by atoms with Crippen molar-refractivity contribution < 1.29 is 4.74 Å². The van der Waals surface area contributed by atoms with Crippen LogP contribution in [0.15, 0.2) is 30.7 Å². The highest BCUT2D eigenvalue weighted by Crippen LogP contribution is 2.24. The first-order valence-corrected chi connectivity index (χ1v) is 6.93. The van der Waals surface area contributed by atoms with E-state index >= 15 is 0 Å². The monoisotopic (exact) mass is 274 g/mol. The molecule has 2 atom stereocenters. The fraction of sp³-hybridized carbons (Fsp3) is 0.467. The maximum absolute atomic E-state index is 6.26. The summed E-state index contributed by atoms with van der Waals surface area (Å²) in [5.74, 6) is 0.723. The lowest BCUT2D eigenvalue weighted by atomic mass is 10.0. The topological polar surface area (TPSA) is 66.0 Å². The summed E-state index contributed by atoms with van der Waals surface area (Å²) in [6, 6.07) is 4.19. The van der Waals surface area contributed by atoms with Crippen LogP contribution >= 0.6 is 0 Å². The van der Waals surface area contributed by atoms with Gasteiger partial charge in [-0.25, -0.2) is 0 Å². The van der Waals surface area contributed by atoms with Gasteiger partial charge in [0.1, 0.15) is 5.75 Å². The van der Waals surface area contributed by atoms with Crippen molar-refractivity contribution in [3.05, 3.63) is 42.0 Å². The number of rotatable bonds is 6. The highest BCUT2D eigenvalue weighted by atomic mass is 16.5. The first-order valence-electron chi connectivity index (χ1n) is 6.93. The van der Waals surface area contributed by atoms with Crippen LogP contribution in [0.3, 0.4) is 0 Å². The Bertz CT molecular complexity index is 552. The van der Waals surface area contributed by atoms with Crippen LogP contribution in [0.1, 0.15) is 43.6 Å². The van der Waals surface area contributed by atoms with E-state index in [2.05, 4.69) is 23.9 Å². The summed E-state index contributed by atoms with van der Waals surface area (Å²) in [6.07, 6.45) is 7.18. The average Bonchev–Trinajstić information content (AvgIpc) is 2.94. The maximum atomic E-state index is 6.26. The summed E-state index contributed by atoms with van der Waals surface area (Å²) in [5, 5.41) is 4.58. The van der Waals surface area contributed by atoms with Crippen molar-refractivity contribution in [3.8, 4) is 5.75 Å². The molecule has 0 saturated carbocycles. The second-order valence-corrected chi connectivity index (χ2v) is 4.97. The molecule has 2 heterocycles. The van der Waals surface area contributed by atoms with Crippen molar-refractivity contribution in [2.75, 3.05) is 7.11 Å². The van der Waals surface area contributed by atoms with E-state index in [1.807, 2.05) is 23.0 Å². The van der Waals surface area contributed by atoms with E-state index in [0.717, 1.165) is 23.4 Å². The van der Waals surface area contributed by atoms with Gasteiger partial charge >= 0.3 is 0 Å². The average molecular weight is 274 g/mol. The number of pyridine rings is 1. The lowest BCUT2D eigenvalue weighted by molar-refractivity contribution is 0.403. The van der Waals surface area contributed by atoms with E-state index in [4.69, 9.17) is 10.5 Å². The van der Waals surface area contributed by atoms with Crippen molar-refractivity contribution in [1.29, 1.82) is 0 Å². The fourth-order valence-corrected chi connectivity index (χ4v) is 2.12. The standard InChI is InChI=1S/C15H22N4O/c1-4-11(2)19-8-6-12(18-19)9-14(16)13-5-7-17-10-15(13)20-3/h5-8,10-11,14H,4,9,16H2,1-3H3. The Balaban J connectivity index is 2.11.